The molecule has 3 amide bonds. The largest absolute Gasteiger partial charge is 0.487 e. The highest BCUT2D eigenvalue weighted by Gasteiger charge is 2.42. The third-order valence-electron chi connectivity index (χ3n) is 7.51. The zero-order valence-electron chi connectivity index (χ0n) is 23.3. The first-order chi connectivity index (χ1) is 19.2. The molecule has 3 atom stereocenters. The summed E-state index contributed by atoms with van der Waals surface area (Å²) in [6.07, 6.45) is 7.48. The van der Waals surface area contributed by atoms with Crippen molar-refractivity contribution in [2.75, 3.05) is 6.54 Å². The molecule has 9 nitrogen and oxygen atoms in total. The van der Waals surface area contributed by atoms with Crippen LogP contribution in [0.5, 0.6) is 5.75 Å². The molecule has 5 rings (SSSR count). The van der Waals surface area contributed by atoms with Crippen LogP contribution in [0.2, 0.25) is 0 Å². The zero-order valence-corrected chi connectivity index (χ0v) is 24.1. The van der Waals surface area contributed by atoms with Crippen molar-refractivity contribution < 1.29 is 19.1 Å². The van der Waals surface area contributed by atoms with Crippen molar-refractivity contribution in [2.45, 2.75) is 83.0 Å². The molecule has 0 spiro atoms. The minimum atomic E-state index is -0.690. The third kappa shape index (κ3) is 6.43. The molecule has 1 saturated carbocycles. The van der Waals surface area contributed by atoms with Gasteiger partial charge in [0.25, 0.3) is 0 Å². The van der Waals surface area contributed by atoms with Gasteiger partial charge in [-0.3, -0.25) is 9.78 Å². The number of fused-ring (bicyclic) bond motifs is 1. The molecule has 212 valence electrons. The van der Waals surface area contributed by atoms with Gasteiger partial charge in [0.05, 0.1) is 34.2 Å². The van der Waals surface area contributed by atoms with Crippen molar-refractivity contribution in [3.8, 4) is 17.1 Å². The summed E-state index contributed by atoms with van der Waals surface area (Å²) in [5.41, 5.74) is 1.82. The van der Waals surface area contributed by atoms with Crippen LogP contribution in [0.4, 0.5) is 4.79 Å². The lowest BCUT2D eigenvalue weighted by Gasteiger charge is -2.34. The van der Waals surface area contributed by atoms with E-state index >= 15 is 0 Å². The van der Waals surface area contributed by atoms with Gasteiger partial charge in [0, 0.05) is 24.2 Å². The van der Waals surface area contributed by atoms with Crippen LogP contribution >= 0.6 is 11.3 Å². The lowest BCUT2D eigenvalue weighted by atomic mass is 9.83. The third-order valence-corrected chi connectivity index (χ3v) is 8.42. The molecule has 4 heterocycles. The van der Waals surface area contributed by atoms with Gasteiger partial charge in [0.1, 0.15) is 24.2 Å². The molecular formula is C30H37N5O4S. The summed E-state index contributed by atoms with van der Waals surface area (Å²) in [5, 5.41) is 7.84. The van der Waals surface area contributed by atoms with Crippen LogP contribution in [-0.4, -0.2) is 63.4 Å². The van der Waals surface area contributed by atoms with Crippen LogP contribution in [0.3, 0.4) is 0 Å². The van der Waals surface area contributed by atoms with Crippen molar-refractivity contribution in [2.24, 2.45) is 5.92 Å². The molecule has 2 aliphatic rings. The van der Waals surface area contributed by atoms with Gasteiger partial charge in [-0.25, -0.2) is 9.78 Å². The number of amides is 3. The number of urea groups is 1. The Morgan fingerprint density at radius 3 is 2.65 bits per heavy atom. The van der Waals surface area contributed by atoms with Crippen molar-refractivity contribution in [1.29, 1.82) is 0 Å². The molecule has 2 N–H and O–H groups in total. The van der Waals surface area contributed by atoms with Crippen LogP contribution in [0, 0.1) is 5.92 Å². The minimum absolute atomic E-state index is 0.0334. The van der Waals surface area contributed by atoms with E-state index in [4.69, 9.17) is 9.72 Å². The number of rotatable bonds is 7. The molecule has 3 aromatic rings. The van der Waals surface area contributed by atoms with E-state index < -0.39 is 17.6 Å². The molecule has 0 bridgehead atoms. The molecular weight excluding hydrogens is 526 g/mol. The number of nitrogens with one attached hydrogen (secondary N) is 2. The van der Waals surface area contributed by atoms with Gasteiger partial charge in [-0.2, -0.15) is 0 Å². The smallest absolute Gasteiger partial charge is 0.315 e. The van der Waals surface area contributed by atoms with Crippen molar-refractivity contribution >= 4 is 39.8 Å². The Bertz CT molecular complexity index is 1350. The summed E-state index contributed by atoms with van der Waals surface area (Å²) < 4.78 is 7.39. The Labute approximate surface area is 238 Å². The fourth-order valence-corrected chi connectivity index (χ4v) is 6.47. The van der Waals surface area contributed by atoms with Gasteiger partial charge >= 0.3 is 6.03 Å². The van der Waals surface area contributed by atoms with Crippen LogP contribution in [0.15, 0.2) is 41.9 Å². The first-order valence-electron chi connectivity index (χ1n) is 14.0. The normalized spacial score (nSPS) is 20.7. The number of aromatic nitrogens is 2. The van der Waals surface area contributed by atoms with Gasteiger partial charge in [-0.1, -0.05) is 25.3 Å². The van der Waals surface area contributed by atoms with Crippen molar-refractivity contribution in [1.82, 2.24) is 25.5 Å². The summed E-state index contributed by atoms with van der Waals surface area (Å²) >= 11 is 1.54. The molecule has 1 saturated heterocycles. The second-order valence-electron chi connectivity index (χ2n) is 11.7. The topological polar surface area (TPSA) is 114 Å². The predicted molar refractivity (Wildman–Crippen MR) is 155 cm³/mol. The van der Waals surface area contributed by atoms with Crippen LogP contribution < -0.4 is 15.4 Å². The molecule has 1 aliphatic heterocycles. The number of ether oxygens (including phenoxy) is 1. The maximum atomic E-state index is 14.0. The van der Waals surface area contributed by atoms with Crippen LogP contribution in [0.25, 0.3) is 21.6 Å². The zero-order chi connectivity index (χ0) is 28.3. The Morgan fingerprint density at radius 1 is 1.15 bits per heavy atom. The highest BCUT2D eigenvalue weighted by molar-refractivity contribution is 7.17. The molecule has 3 aromatic heterocycles. The van der Waals surface area contributed by atoms with Gasteiger partial charge in [0.15, 0.2) is 0 Å². The first kappa shape index (κ1) is 28.0. The number of carbonyl (C=O) groups excluding carboxylic acids is 3. The second kappa shape index (κ2) is 11.9. The summed E-state index contributed by atoms with van der Waals surface area (Å²) in [5.74, 6) is 0.478. The fraction of sp³-hybridized carbons (Fsp3) is 0.500. The number of hydrogen-bond donors (Lipinski definition) is 2. The lowest BCUT2D eigenvalue weighted by Crippen LogP contribution is -2.58. The number of pyridine rings is 2. The molecule has 0 unspecified atom stereocenters. The van der Waals surface area contributed by atoms with E-state index in [-0.39, 0.29) is 30.5 Å². The van der Waals surface area contributed by atoms with Gasteiger partial charge in [-0.15, -0.1) is 11.3 Å². The second-order valence-corrected chi connectivity index (χ2v) is 12.7. The molecule has 2 fully saturated rings. The average Bonchev–Trinajstić information content (AvgIpc) is 3.58. The number of aldehydes is 1. The predicted octanol–water partition coefficient (Wildman–Crippen LogP) is 4.95. The summed E-state index contributed by atoms with van der Waals surface area (Å²) in [7, 11) is 0. The lowest BCUT2D eigenvalue weighted by molar-refractivity contribution is -0.138. The average molecular weight is 564 g/mol. The van der Waals surface area contributed by atoms with E-state index in [1.165, 1.54) is 11.3 Å². The quantitative estimate of drug-likeness (QED) is 0.393. The number of hydrogen-bond acceptors (Lipinski definition) is 7. The van der Waals surface area contributed by atoms with Crippen molar-refractivity contribution in [3.05, 3.63) is 41.9 Å². The van der Waals surface area contributed by atoms with E-state index in [9.17, 15) is 14.4 Å². The van der Waals surface area contributed by atoms with Gasteiger partial charge in [0.2, 0.25) is 5.91 Å². The fourth-order valence-electron chi connectivity index (χ4n) is 5.68. The molecule has 0 radical (unpaired) electrons. The SMILES string of the molecule is CC(C)(C)NC(=O)N[C@H](C(=O)N1C[C@H](Oc2cc(-c3ccccn3)nc3ccsc23)C[C@H]1C=O)C1CCCCC1. The van der Waals surface area contributed by atoms with E-state index in [0.717, 1.165) is 54.3 Å². The Kier molecular flexibility index (Phi) is 8.35. The Hall–Kier alpha value is -3.53. The van der Waals surface area contributed by atoms with Crippen molar-refractivity contribution in [3.63, 3.8) is 0 Å². The minimum Gasteiger partial charge on any atom is -0.487 e. The number of nitrogens with zero attached hydrogens (tertiary/aromatic N) is 3. The number of carbonyl (C=O) groups is 3. The molecule has 10 heteroatoms. The first-order valence-corrected chi connectivity index (χ1v) is 14.9. The summed E-state index contributed by atoms with van der Waals surface area (Å²) in [6, 6.07) is 7.82. The highest BCUT2D eigenvalue weighted by atomic mass is 32.1. The van der Waals surface area contributed by atoms with E-state index in [2.05, 4.69) is 15.6 Å². The number of likely N-dealkylation sites (tertiary alicyclic amines) is 1. The summed E-state index contributed by atoms with van der Waals surface area (Å²) in [4.78, 5) is 49.8. The van der Waals surface area contributed by atoms with E-state index in [1.807, 2.05) is 56.5 Å². The highest BCUT2D eigenvalue weighted by Crippen LogP contribution is 2.36. The van der Waals surface area contributed by atoms with Crippen LogP contribution in [-0.2, 0) is 9.59 Å². The maximum absolute atomic E-state index is 14.0. The molecule has 1 aliphatic carbocycles. The molecule has 0 aromatic carbocycles. The van der Waals surface area contributed by atoms with Gasteiger partial charge in [-0.05, 0) is 63.1 Å². The van der Waals surface area contributed by atoms with Crippen LogP contribution in [0.1, 0.15) is 59.3 Å². The standard InChI is InChI=1S/C30H37N5O4S/c1-30(2,3)34-29(38)33-26(19-9-5-4-6-10-19)28(37)35-17-21(15-20(35)18-36)39-25-16-24(22-11-7-8-13-31-22)32-23-12-14-40-27(23)25/h7-8,11-14,16,18-21,26H,4-6,9-10,15,17H2,1-3H3,(H2,33,34,38)/t20-,21+,26-/m0/s1. The monoisotopic (exact) mass is 563 g/mol. The van der Waals surface area contributed by atoms with Gasteiger partial charge < -0.3 is 25.1 Å². The number of thiophene rings is 1. The maximum Gasteiger partial charge on any atom is 0.315 e. The molecule has 40 heavy (non-hydrogen) atoms. The summed E-state index contributed by atoms with van der Waals surface area (Å²) in [6.45, 7) is 5.97. The Balaban J connectivity index is 1.36. The van der Waals surface area contributed by atoms with E-state index in [1.54, 1.807) is 11.1 Å². The Morgan fingerprint density at radius 2 is 1.95 bits per heavy atom. The van der Waals surface area contributed by atoms with E-state index in [0.29, 0.717) is 17.9 Å².